The third-order valence-electron chi connectivity index (χ3n) is 4.65. The molecule has 4 heteroatoms. The highest BCUT2D eigenvalue weighted by Crippen LogP contribution is 2.10. The minimum atomic E-state index is 0.570. The first-order valence-electron chi connectivity index (χ1n) is 9.81. The SMILES string of the molecule is CC(C)CCN(CCN(Cc1ccccn1)Cc1ccccn1)C(C)C. The maximum Gasteiger partial charge on any atom is 0.0544 e. The Labute approximate surface area is 159 Å². The summed E-state index contributed by atoms with van der Waals surface area (Å²) >= 11 is 0. The summed E-state index contributed by atoms with van der Waals surface area (Å²) in [5.74, 6) is 0.745. The van der Waals surface area contributed by atoms with Gasteiger partial charge in [0.15, 0.2) is 0 Å². The Morgan fingerprint density at radius 3 is 1.77 bits per heavy atom. The molecule has 26 heavy (non-hydrogen) atoms. The summed E-state index contributed by atoms with van der Waals surface area (Å²) in [5, 5.41) is 0. The molecule has 0 radical (unpaired) electrons. The summed E-state index contributed by atoms with van der Waals surface area (Å²) in [6.45, 7) is 14.1. The van der Waals surface area contributed by atoms with Gasteiger partial charge in [-0.25, -0.2) is 0 Å². The molecule has 0 spiro atoms. The van der Waals surface area contributed by atoms with Gasteiger partial charge >= 0.3 is 0 Å². The second-order valence-electron chi connectivity index (χ2n) is 7.67. The monoisotopic (exact) mass is 354 g/mol. The number of rotatable bonds is 11. The Hall–Kier alpha value is -1.78. The van der Waals surface area contributed by atoms with Gasteiger partial charge < -0.3 is 0 Å². The lowest BCUT2D eigenvalue weighted by Crippen LogP contribution is -2.39. The molecule has 4 nitrogen and oxygen atoms in total. The molecular weight excluding hydrogens is 320 g/mol. The van der Waals surface area contributed by atoms with Gasteiger partial charge in [-0.05, 0) is 57.0 Å². The summed E-state index contributed by atoms with van der Waals surface area (Å²) in [4.78, 5) is 14.1. The number of hydrogen-bond donors (Lipinski definition) is 0. The second kappa shape index (κ2) is 11.0. The van der Waals surface area contributed by atoms with Crippen LogP contribution < -0.4 is 0 Å². The van der Waals surface area contributed by atoms with E-state index in [2.05, 4.69) is 71.7 Å². The van der Waals surface area contributed by atoms with Crippen LogP contribution in [0.2, 0.25) is 0 Å². The van der Waals surface area contributed by atoms with Crippen LogP contribution in [0.3, 0.4) is 0 Å². The number of pyridine rings is 2. The third kappa shape index (κ3) is 7.63. The van der Waals surface area contributed by atoms with E-state index in [1.54, 1.807) is 0 Å². The first-order chi connectivity index (χ1) is 12.5. The molecule has 0 aliphatic carbocycles. The zero-order valence-electron chi connectivity index (χ0n) is 16.8. The van der Waals surface area contributed by atoms with E-state index < -0.39 is 0 Å². The predicted molar refractivity (Wildman–Crippen MR) is 109 cm³/mol. The molecule has 0 unspecified atom stereocenters. The van der Waals surface area contributed by atoms with Crippen LogP contribution in [0, 0.1) is 5.92 Å². The fraction of sp³-hybridized carbons (Fsp3) is 0.545. The van der Waals surface area contributed by atoms with E-state index in [9.17, 15) is 0 Å². The summed E-state index contributed by atoms with van der Waals surface area (Å²) in [7, 11) is 0. The average Bonchev–Trinajstić information content (AvgIpc) is 2.62. The van der Waals surface area contributed by atoms with Gasteiger partial charge in [-0.1, -0.05) is 26.0 Å². The number of hydrogen-bond acceptors (Lipinski definition) is 4. The Bertz CT molecular complexity index is 557. The molecule has 0 saturated heterocycles. The van der Waals surface area contributed by atoms with E-state index in [0.29, 0.717) is 6.04 Å². The van der Waals surface area contributed by atoms with Gasteiger partial charge in [-0.15, -0.1) is 0 Å². The van der Waals surface area contributed by atoms with Crippen molar-refractivity contribution in [1.29, 1.82) is 0 Å². The lowest BCUT2D eigenvalue weighted by atomic mass is 10.1. The second-order valence-corrected chi connectivity index (χ2v) is 7.67. The first-order valence-corrected chi connectivity index (χ1v) is 9.81. The van der Waals surface area contributed by atoms with E-state index in [-0.39, 0.29) is 0 Å². The fourth-order valence-corrected chi connectivity index (χ4v) is 2.98. The maximum atomic E-state index is 4.51. The molecule has 0 aliphatic heterocycles. The van der Waals surface area contributed by atoms with Crippen molar-refractivity contribution in [3.63, 3.8) is 0 Å². The molecule has 0 fully saturated rings. The highest BCUT2D eigenvalue weighted by Gasteiger charge is 2.14. The van der Waals surface area contributed by atoms with E-state index in [4.69, 9.17) is 0 Å². The maximum absolute atomic E-state index is 4.51. The van der Waals surface area contributed by atoms with Gasteiger partial charge in [-0.3, -0.25) is 19.8 Å². The van der Waals surface area contributed by atoms with Crippen molar-refractivity contribution in [2.75, 3.05) is 19.6 Å². The normalized spacial score (nSPS) is 11.8. The van der Waals surface area contributed by atoms with E-state index in [1.807, 2.05) is 24.5 Å². The Kier molecular flexibility index (Phi) is 8.72. The fourth-order valence-electron chi connectivity index (χ4n) is 2.98. The minimum Gasteiger partial charge on any atom is -0.300 e. The molecular formula is C22H34N4. The van der Waals surface area contributed by atoms with Crippen molar-refractivity contribution in [3.05, 3.63) is 60.2 Å². The number of aromatic nitrogens is 2. The van der Waals surface area contributed by atoms with Crippen molar-refractivity contribution in [1.82, 2.24) is 19.8 Å². The molecule has 0 N–H and O–H groups in total. The van der Waals surface area contributed by atoms with Crippen LogP contribution in [-0.2, 0) is 13.1 Å². The summed E-state index contributed by atoms with van der Waals surface area (Å²) in [6, 6.07) is 12.8. The van der Waals surface area contributed by atoms with Crippen LogP contribution in [0.4, 0.5) is 0 Å². The Morgan fingerprint density at radius 2 is 1.35 bits per heavy atom. The van der Waals surface area contributed by atoms with Crippen LogP contribution in [0.5, 0.6) is 0 Å². The standard InChI is InChI=1S/C22H34N4/c1-19(2)11-14-26(20(3)4)16-15-25(17-21-9-5-7-12-23-21)18-22-10-6-8-13-24-22/h5-10,12-13,19-20H,11,14-18H2,1-4H3. The van der Waals surface area contributed by atoms with Gasteiger partial charge in [0.25, 0.3) is 0 Å². The van der Waals surface area contributed by atoms with Gasteiger partial charge in [0.05, 0.1) is 11.4 Å². The van der Waals surface area contributed by atoms with Gasteiger partial charge in [0.1, 0.15) is 0 Å². The molecule has 2 aromatic heterocycles. The van der Waals surface area contributed by atoms with Crippen molar-refractivity contribution < 1.29 is 0 Å². The molecule has 0 atom stereocenters. The van der Waals surface area contributed by atoms with Gasteiger partial charge in [-0.2, -0.15) is 0 Å². The molecule has 0 aromatic carbocycles. The van der Waals surface area contributed by atoms with Gasteiger partial charge in [0.2, 0.25) is 0 Å². The highest BCUT2D eigenvalue weighted by atomic mass is 15.2. The predicted octanol–water partition coefficient (Wildman–Crippen LogP) is 4.24. The molecule has 0 amide bonds. The number of nitrogens with zero attached hydrogens (tertiary/aromatic N) is 4. The summed E-state index contributed by atoms with van der Waals surface area (Å²) < 4.78 is 0. The topological polar surface area (TPSA) is 32.3 Å². The Morgan fingerprint density at radius 1 is 0.769 bits per heavy atom. The highest BCUT2D eigenvalue weighted by molar-refractivity contribution is 5.06. The van der Waals surface area contributed by atoms with Gasteiger partial charge in [0, 0.05) is 44.6 Å². The van der Waals surface area contributed by atoms with Crippen LogP contribution in [0.1, 0.15) is 45.5 Å². The lowest BCUT2D eigenvalue weighted by Gasteiger charge is -2.30. The molecule has 0 aliphatic rings. The molecule has 0 bridgehead atoms. The van der Waals surface area contributed by atoms with Crippen molar-refractivity contribution >= 4 is 0 Å². The molecule has 142 valence electrons. The lowest BCUT2D eigenvalue weighted by molar-refractivity contribution is 0.159. The smallest absolute Gasteiger partial charge is 0.0544 e. The molecule has 2 aromatic rings. The van der Waals surface area contributed by atoms with Crippen molar-refractivity contribution in [2.24, 2.45) is 5.92 Å². The summed E-state index contributed by atoms with van der Waals surface area (Å²) in [6.07, 6.45) is 4.99. The van der Waals surface area contributed by atoms with Crippen molar-refractivity contribution in [3.8, 4) is 0 Å². The van der Waals surface area contributed by atoms with E-state index >= 15 is 0 Å². The Balaban J connectivity index is 1.99. The zero-order valence-corrected chi connectivity index (χ0v) is 16.8. The zero-order chi connectivity index (χ0) is 18.8. The van der Waals surface area contributed by atoms with E-state index in [1.165, 1.54) is 6.42 Å². The van der Waals surface area contributed by atoms with Crippen molar-refractivity contribution in [2.45, 2.75) is 53.2 Å². The molecule has 2 heterocycles. The van der Waals surface area contributed by atoms with Crippen LogP contribution in [-0.4, -0.2) is 45.4 Å². The van der Waals surface area contributed by atoms with Crippen LogP contribution >= 0.6 is 0 Å². The largest absolute Gasteiger partial charge is 0.300 e. The van der Waals surface area contributed by atoms with Crippen LogP contribution in [0.15, 0.2) is 48.8 Å². The quantitative estimate of drug-likeness (QED) is 0.604. The summed E-state index contributed by atoms with van der Waals surface area (Å²) in [5.41, 5.74) is 2.23. The molecule has 2 rings (SSSR count). The van der Waals surface area contributed by atoms with Crippen LogP contribution in [0.25, 0.3) is 0 Å². The minimum absolute atomic E-state index is 0.570. The third-order valence-corrected chi connectivity index (χ3v) is 4.65. The average molecular weight is 355 g/mol. The van der Waals surface area contributed by atoms with E-state index in [0.717, 1.165) is 50.0 Å². The molecule has 0 saturated carbocycles. The first kappa shape index (κ1) is 20.5.